The van der Waals surface area contributed by atoms with Crippen LogP contribution in [0.2, 0.25) is 0 Å². The van der Waals surface area contributed by atoms with Gasteiger partial charge in [-0.1, -0.05) is 30.3 Å². The third kappa shape index (κ3) is 5.60. The molecular weight excluding hydrogens is 604 g/mol. The van der Waals surface area contributed by atoms with Crippen molar-refractivity contribution in [1.29, 1.82) is 0 Å². The van der Waals surface area contributed by atoms with Crippen molar-refractivity contribution in [3.63, 3.8) is 0 Å². The number of amides is 1. The highest BCUT2D eigenvalue weighted by molar-refractivity contribution is 5.89. The summed E-state index contributed by atoms with van der Waals surface area (Å²) in [6.07, 6.45) is -0.111. The molecule has 1 N–H and O–H groups in total. The molecule has 8 nitrogen and oxygen atoms in total. The minimum absolute atomic E-state index is 0.104. The van der Waals surface area contributed by atoms with Crippen LogP contribution in [-0.4, -0.2) is 49.7 Å². The predicted molar refractivity (Wildman–Crippen MR) is 158 cm³/mol. The molecule has 1 amide bonds. The second-order valence-corrected chi connectivity index (χ2v) is 12.1. The lowest BCUT2D eigenvalue weighted by Gasteiger charge is -2.32. The van der Waals surface area contributed by atoms with Gasteiger partial charge < -0.3 is 14.7 Å². The van der Waals surface area contributed by atoms with Gasteiger partial charge in [0.2, 0.25) is 5.91 Å². The lowest BCUT2D eigenvalue weighted by atomic mass is 9.89. The highest BCUT2D eigenvalue weighted by Crippen LogP contribution is 2.42. The van der Waals surface area contributed by atoms with Crippen molar-refractivity contribution in [3.8, 4) is 22.8 Å². The first-order valence-electron chi connectivity index (χ1n) is 15.3. The van der Waals surface area contributed by atoms with E-state index in [-0.39, 0.29) is 29.3 Å². The zero-order valence-corrected chi connectivity index (χ0v) is 24.6. The lowest BCUT2D eigenvalue weighted by molar-refractivity contribution is -0.143. The Morgan fingerprint density at radius 3 is 2.41 bits per heavy atom. The minimum Gasteiger partial charge on any atom is -0.483 e. The van der Waals surface area contributed by atoms with E-state index in [1.165, 1.54) is 18.2 Å². The summed E-state index contributed by atoms with van der Waals surface area (Å²) in [5.41, 5.74) is 1.16. The van der Waals surface area contributed by atoms with E-state index in [0.717, 1.165) is 42.4 Å². The summed E-state index contributed by atoms with van der Waals surface area (Å²) in [5.74, 6) is -1.73. The average molecular weight is 635 g/mol. The summed E-state index contributed by atoms with van der Waals surface area (Å²) >= 11 is 0. The van der Waals surface area contributed by atoms with Crippen molar-refractivity contribution in [2.75, 3.05) is 13.1 Å². The molecule has 3 aliphatic rings. The van der Waals surface area contributed by atoms with E-state index in [9.17, 15) is 27.9 Å². The number of piperidine rings is 1. The van der Waals surface area contributed by atoms with Crippen molar-refractivity contribution in [3.05, 3.63) is 94.6 Å². The average Bonchev–Trinajstić information content (AvgIpc) is 3.65. The summed E-state index contributed by atoms with van der Waals surface area (Å²) in [4.78, 5) is 30.2. The van der Waals surface area contributed by atoms with Gasteiger partial charge in [0.15, 0.2) is 23.1 Å². The molecule has 2 aromatic heterocycles. The number of aromatic carboxylic acids is 1. The van der Waals surface area contributed by atoms with E-state index >= 15 is 4.39 Å². The number of carboxylic acids is 1. The topological polar surface area (TPSA) is 97.5 Å². The van der Waals surface area contributed by atoms with E-state index in [4.69, 9.17) is 4.74 Å². The lowest BCUT2D eigenvalue weighted by Crippen LogP contribution is -2.38. The van der Waals surface area contributed by atoms with Gasteiger partial charge in [-0.05, 0) is 79.8 Å². The number of aryl methyl sites for hydroxylation is 1. The monoisotopic (exact) mass is 634 g/mol. The Morgan fingerprint density at radius 1 is 0.957 bits per heavy atom. The van der Waals surface area contributed by atoms with Gasteiger partial charge in [0.05, 0.1) is 11.9 Å². The zero-order chi connectivity index (χ0) is 32.2. The van der Waals surface area contributed by atoms with Crippen LogP contribution in [0.25, 0.3) is 17.1 Å². The number of likely N-dealkylation sites (tertiary alicyclic amines) is 1. The molecule has 4 aromatic rings. The minimum atomic E-state index is -4.99. The van der Waals surface area contributed by atoms with Crippen LogP contribution >= 0.6 is 0 Å². The number of carboxylic acid groups (broad SMARTS) is 1. The number of fused-ring (bicyclic) bond motifs is 1. The smallest absolute Gasteiger partial charge is 0.434 e. The molecule has 1 aliphatic heterocycles. The van der Waals surface area contributed by atoms with Gasteiger partial charge in [-0.2, -0.15) is 18.3 Å². The number of carbonyl (C=O) groups excluding carboxylic acids is 1. The van der Waals surface area contributed by atoms with Crippen molar-refractivity contribution in [2.24, 2.45) is 5.92 Å². The Balaban J connectivity index is 1.13. The van der Waals surface area contributed by atoms with Crippen LogP contribution < -0.4 is 4.74 Å². The summed E-state index contributed by atoms with van der Waals surface area (Å²) < 4.78 is 63.8. The van der Waals surface area contributed by atoms with Crippen molar-refractivity contribution >= 4 is 11.9 Å². The highest BCUT2D eigenvalue weighted by Gasteiger charge is 2.41. The van der Waals surface area contributed by atoms with Crippen LogP contribution in [-0.2, 0) is 17.4 Å². The Labute approximate surface area is 261 Å². The fourth-order valence-electron chi connectivity index (χ4n) is 6.67. The molecule has 46 heavy (non-hydrogen) atoms. The number of pyridine rings is 1. The SMILES string of the molecule is O=C(O)c1cnn(-c2cccc(-c3cccc4c3C(Oc3ccc(C5CCN(C(=O)C6CC6)CC5)cc3F)CC4)n2)c1C(F)(F)F. The van der Waals surface area contributed by atoms with Crippen LogP contribution in [0.4, 0.5) is 17.6 Å². The largest absolute Gasteiger partial charge is 0.483 e. The van der Waals surface area contributed by atoms with E-state index in [1.807, 2.05) is 23.1 Å². The molecule has 2 aliphatic carbocycles. The van der Waals surface area contributed by atoms with Gasteiger partial charge in [0.25, 0.3) is 0 Å². The molecule has 1 atom stereocenters. The molecule has 0 bridgehead atoms. The van der Waals surface area contributed by atoms with E-state index in [2.05, 4.69) is 10.1 Å². The Bertz CT molecular complexity index is 1830. The van der Waals surface area contributed by atoms with E-state index in [0.29, 0.717) is 48.1 Å². The second kappa shape index (κ2) is 11.6. The molecule has 1 saturated carbocycles. The van der Waals surface area contributed by atoms with E-state index in [1.54, 1.807) is 18.2 Å². The number of ether oxygens (including phenoxy) is 1. The molecule has 3 heterocycles. The van der Waals surface area contributed by atoms with Crippen molar-refractivity contribution in [1.82, 2.24) is 19.7 Å². The first kappa shape index (κ1) is 29.9. The van der Waals surface area contributed by atoms with Crippen LogP contribution in [0.3, 0.4) is 0 Å². The number of hydrogen-bond acceptors (Lipinski definition) is 5. The van der Waals surface area contributed by atoms with Crippen LogP contribution in [0, 0.1) is 11.7 Å². The van der Waals surface area contributed by atoms with Gasteiger partial charge in [-0.25, -0.2) is 18.9 Å². The quantitative estimate of drug-likeness (QED) is 0.221. The number of nitrogens with zero attached hydrogens (tertiary/aromatic N) is 4. The van der Waals surface area contributed by atoms with Crippen LogP contribution in [0.1, 0.15) is 76.9 Å². The maximum atomic E-state index is 15.5. The van der Waals surface area contributed by atoms with Crippen molar-refractivity contribution in [2.45, 2.75) is 56.7 Å². The molecule has 238 valence electrons. The summed E-state index contributed by atoms with van der Waals surface area (Å²) in [6.45, 7) is 1.35. The number of aromatic nitrogens is 3. The Kier molecular flexibility index (Phi) is 7.53. The van der Waals surface area contributed by atoms with Crippen molar-refractivity contribution < 1.29 is 37.0 Å². The number of alkyl halides is 3. The molecule has 0 spiro atoms. The molecule has 7 rings (SSSR count). The first-order valence-corrected chi connectivity index (χ1v) is 15.3. The summed E-state index contributed by atoms with van der Waals surface area (Å²) in [6, 6.07) is 15.0. The number of halogens is 4. The molecule has 2 fully saturated rings. The molecule has 1 saturated heterocycles. The second-order valence-electron chi connectivity index (χ2n) is 12.1. The summed E-state index contributed by atoms with van der Waals surface area (Å²) in [5, 5.41) is 13.0. The third-order valence-electron chi connectivity index (χ3n) is 9.12. The normalized spacial score (nSPS) is 18.4. The third-order valence-corrected chi connectivity index (χ3v) is 9.12. The zero-order valence-electron chi connectivity index (χ0n) is 24.6. The van der Waals surface area contributed by atoms with Crippen LogP contribution in [0.5, 0.6) is 5.75 Å². The van der Waals surface area contributed by atoms with Gasteiger partial charge in [-0.15, -0.1) is 0 Å². The van der Waals surface area contributed by atoms with Gasteiger partial charge in [0.1, 0.15) is 11.7 Å². The number of benzene rings is 2. The first-order chi connectivity index (χ1) is 22.1. The molecule has 0 radical (unpaired) electrons. The maximum absolute atomic E-state index is 15.5. The number of hydrogen-bond donors (Lipinski definition) is 1. The van der Waals surface area contributed by atoms with E-state index < -0.39 is 35.3 Å². The fourth-order valence-corrected chi connectivity index (χ4v) is 6.67. The van der Waals surface area contributed by atoms with Gasteiger partial charge in [-0.3, -0.25) is 4.79 Å². The molecular formula is C34H30F4N4O4. The van der Waals surface area contributed by atoms with Gasteiger partial charge >= 0.3 is 12.1 Å². The number of rotatable bonds is 7. The highest BCUT2D eigenvalue weighted by atomic mass is 19.4. The van der Waals surface area contributed by atoms with Crippen LogP contribution in [0.15, 0.2) is 60.8 Å². The molecule has 1 unspecified atom stereocenters. The predicted octanol–water partition coefficient (Wildman–Crippen LogP) is 6.97. The number of carbonyl (C=O) groups is 2. The maximum Gasteiger partial charge on any atom is 0.434 e. The van der Waals surface area contributed by atoms with Gasteiger partial charge in [0, 0.05) is 30.1 Å². The standard InChI is InChI=1S/C34H30F4N4O4/c35-25-17-22(19-13-15-41(16-14-19)32(43)21-7-8-21)10-11-27(25)46-28-12-9-20-3-1-4-23(30(20)28)26-5-2-6-29(40-26)42-31(34(36,37)38)24(18-39-42)33(44)45/h1-6,10-11,17-19,21,28H,7-9,12-16H2,(H,44,45). The molecule has 12 heteroatoms. The Morgan fingerprint density at radius 2 is 1.72 bits per heavy atom. The summed E-state index contributed by atoms with van der Waals surface area (Å²) in [7, 11) is 0. The Hall–Kier alpha value is -4.74. The molecule has 2 aromatic carbocycles. The fraction of sp³-hybridized carbons (Fsp3) is 0.353.